The van der Waals surface area contributed by atoms with Crippen LogP contribution in [0.25, 0.3) is 10.9 Å². The first kappa shape index (κ1) is 14.0. The molecule has 1 saturated carbocycles. The van der Waals surface area contributed by atoms with Gasteiger partial charge in [0.15, 0.2) is 0 Å². The lowest BCUT2D eigenvalue weighted by Crippen LogP contribution is -2.27. The third-order valence-electron chi connectivity index (χ3n) is 4.21. The SMILES string of the molecule is SCC1(COc2ccc(Cl)c3cccnc23)CCCC1. The number of ether oxygens (including phenoxy) is 1. The number of nitrogens with zero attached hydrogens (tertiary/aromatic N) is 1. The van der Waals surface area contributed by atoms with E-state index >= 15 is 0 Å². The minimum Gasteiger partial charge on any atom is -0.491 e. The van der Waals surface area contributed by atoms with Crippen LogP contribution < -0.4 is 4.74 Å². The van der Waals surface area contributed by atoms with Crippen LogP contribution in [0, 0.1) is 5.41 Å². The van der Waals surface area contributed by atoms with Gasteiger partial charge in [-0.1, -0.05) is 24.4 Å². The van der Waals surface area contributed by atoms with E-state index in [4.69, 9.17) is 16.3 Å². The second kappa shape index (κ2) is 5.82. The van der Waals surface area contributed by atoms with Gasteiger partial charge in [-0.2, -0.15) is 12.6 Å². The van der Waals surface area contributed by atoms with Gasteiger partial charge in [0.05, 0.1) is 11.6 Å². The zero-order chi connectivity index (χ0) is 14.0. The lowest BCUT2D eigenvalue weighted by molar-refractivity contribution is 0.174. The molecule has 3 rings (SSSR count). The van der Waals surface area contributed by atoms with Crippen LogP contribution in [0.3, 0.4) is 0 Å². The first-order valence-corrected chi connectivity index (χ1v) is 8.02. The van der Waals surface area contributed by atoms with Gasteiger partial charge in [0, 0.05) is 17.0 Å². The Hall–Kier alpha value is -0.930. The number of rotatable bonds is 4. The number of aromatic nitrogens is 1. The van der Waals surface area contributed by atoms with E-state index in [2.05, 4.69) is 17.6 Å². The fourth-order valence-electron chi connectivity index (χ4n) is 2.93. The number of halogens is 1. The van der Waals surface area contributed by atoms with E-state index in [0.29, 0.717) is 11.6 Å². The Labute approximate surface area is 129 Å². The summed E-state index contributed by atoms with van der Waals surface area (Å²) in [5.41, 5.74) is 1.07. The molecule has 0 aliphatic heterocycles. The van der Waals surface area contributed by atoms with Gasteiger partial charge in [0.25, 0.3) is 0 Å². The Bertz CT molecular complexity index is 610. The molecule has 1 aromatic heterocycles. The van der Waals surface area contributed by atoms with Crippen molar-refractivity contribution in [1.82, 2.24) is 4.98 Å². The molecule has 1 fully saturated rings. The third-order valence-corrected chi connectivity index (χ3v) is 5.21. The summed E-state index contributed by atoms with van der Waals surface area (Å²) in [6.45, 7) is 0.712. The maximum atomic E-state index is 6.20. The minimum absolute atomic E-state index is 0.226. The van der Waals surface area contributed by atoms with Crippen LogP contribution in [0.4, 0.5) is 0 Å². The quantitative estimate of drug-likeness (QED) is 0.823. The van der Waals surface area contributed by atoms with Gasteiger partial charge in [-0.25, -0.2) is 0 Å². The molecule has 20 heavy (non-hydrogen) atoms. The van der Waals surface area contributed by atoms with E-state index in [1.165, 1.54) is 25.7 Å². The highest BCUT2D eigenvalue weighted by Crippen LogP contribution is 2.40. The fraction of sp³-hybridized carbons (Fsp3) is 0.438. The Balaban J connectivity index is 1.86. The lowest BCUT2D eigenvalue weighted by atomic mass is 9.90. The Morgan fingerprint density at radius 3 is 2.80 bits per heavy atom. The van der Waals surface area contributed by atoms with Crippen molar-refractivity contribution in [2.24, 2.45) is 5.41 Å². The molecule has 0 spiro atoms. The summed E-state index contributed by atoms with van der Waals surface area (Å²) in [5, 5.41) is 1.66. The second-order valence-electron chi connectivity index (χ2n) is 5.60. The zero-order valence-electron chi connectivity index (χ0n) is 11.3. The predicted molar refractivity (Wildman–Crippen MR) is 87.0 cm³/mol. The van der Waals surface area contributed by atoms with Crippen LogP contribution in [-0.4, -0.2) is 17.3 Å². The van der Waals surface area contributed by atoms with E-state index in [1.54, 1.807) is 6.20 Å². The topological polar surface area (TPSA) is 22.1 Å². The van der Waals surface area contributed by atoms with Crippen LogP contribution >= 0.6 is 24.2 Å². The largest absolute Gasteiger partial charge is 0.491 e. The standard InChI is InChI=1S/C16H18ClNOS/c17-13-5-6-14(15-12(13)4-3-9-18-15)19-10-16(11-20)7-1-2-8-16/h3-6,9,20H,1-2,7-8,10-11H2. The third kappa shape index (κ3) is 2.61. The van der Waals surface area contributed by atoms with Gasteiger partial charge in [-0.05, 0) is 42.9 Å². The number of benzene rings is 1. The van der Waals surface area contributed by atoms with Gasteiger partial charge >= 0.3 is 0 Å². The molecule has 2 aromatic rings. The van der Waals surface area contributed by atoms with Crippen molar-refractivity contribution in [3.8, 4) is 5.75 Å². The molecule has 0 N–H and O–H groups in total. The van der Waals surface area contributed by atoms with E-state index in [-0.39, 0.29) is 5.41 Å². The monoisotopic (exact) mass is 307 g/mol. The highest BCUT2D eigenvalue weighted by Gasteiger charge is 2.33. The number of hydrogen-bond donors (Lipinski definition) is 1. The average Bonchev–Trinajstić information content (AvgIpc) is 2.96. The molecule has 4 heteroatoms. The molecule has 106 valence electrons. The predicted octanol–water partition coefficient (Wildman–Crippen LogP) is 4.76. The maximum absolute atomic E-state index is 6.20. The number of fused-ring (bicyclic) bond motifs is 1. The van der Waals surface area contributed by atoms with E-state index < -0.39 is 0 Å². The van der Waals surface area contributed by atoms with Crippen molar-refractivity contribution in [2.75, 3.05) is 12.4 Å². The van der Waals surface area contributed by atoms with Gasteiger partial charge in [0.1, 0.15) is 11.3 Å². The summed E-state index contributed by atoms with van der Waals surface area (Å²) < 4.78 is 6.08. The van der Waals surface area contributed by atoms with E-state index in [1.807, 2.05) is 24.3 Å². The smallest absolute Gasteiger partial charge is 0.145 e. The first-order valence-electron chi connectivity index (χ1n) is 7.01. The zero-order valence-corrected chi connectivity index (χ0v) is 13.0. The molecular formula is C16H18ClNOS. The van der Waals surface area contributed by atoms with Crippen molar-refractivity contribution in [3.63, 3.8) is 0 Å². The molecule has 0 saturated heterocycles. The highest BCUT2D eigenvalue weighted by molar-refractivity contribution is 7.80. The van der Waals surface area contributed by atoms with Crippen LogP contribution in [-0.2, 0) is 0 Å². The molecule has 0 bridgehead atoms. The summed E-state index contributed by atoms with van der Waals surface area (Å²) in [6.07, 6.45) is 6.74. The molecule has 0 atom stereocenters. The molecular weight excluding hydrogens is 290 g/mol. The van der Waals surface area contributed by atoms with E-state index in [9.17, 15) is 0 Å². The molecule has 0 unspecified atom stereocenters. The Morgan fingerprint density at radius 1 is 1.25 bits per heavy atom. The van der Waals surface area contributed by atoms with Gasteiger partial charge in [-0.15, -0.1) is 0 Å². The van der Waals surface area contributed by atoms with Gasteiger partial charge < -0.3 is 4.74 Å². The Morgan fingerprint density at radius 2 is 2.05 bits per heavy atom. The lowest BCUT2D eigenvalue weighted by Gasteiger charge is -2.27. The molecule has 0 amide bonds. The molecule has 1 aliphatic rings. The molecule has 0 radical (unpaired) electrons. The average molecular weight is 308 g/mol. The van der Waals surface area contributed by atoms with Gasteiger partial charge in [0.2, 0.25) is 0 Å². The van der Waals surface area contributed by atoms with Gasteiger partial charge in [-0.3, -0.25) is 4.98 Å². The summed E-state index contributed by atoms with van der Waals surface area (Å²) in [4.78, 5) is 4.41. The minimum atomic E-state index is 0.226. The summed E-state index contributed by atoms with van der Waals surface area (Å²) in [5.74, 6) is 1.70. The molecule has 1 heterocycles. The van der Waals surface area contributed by atoms with Crippen molar-refractivity contribution >= 4 is 35.1 Å². The normalized spacial score (nSPS) is 17.5. The Kier molecular flexibility index (Phi) is 4.08. The number of thiol groups is 1. The van der Waals surface area contributed by atoms with E-state index in [0.717, 1.165) is 22.4 Å². The van der Waals surface area contributed by atoms with Crippen molar-refractivity contribution in [3.05, 3.63) is 35.5 Å². The van der Waals surface area contributed by atoms with Crippen LogP contribution in [0.5, 0.6) is 5.75 Å². The van der Waals surface area contributed by atoms with Crippen LogP contribution in [0.2, 0.25) is 5.02 Å². The molecule has 2 nitrogen and oxygen atoms in total. The van der Waals surface area contributed by atoms with Crippen molar-refractivity contribution in [2.45, 2.75) is 25.7 Å². The molecule has 1 aromatic carbocycles. The molecule has 1 aliphatic carbocycles. The van der Waals surface area contributed by atoms with Crippen molar-refractivity contribution in [1.29, 1.82) is 0 Å². The number of pyridine rings is 1. The first-order chi connectivity index (χ1) is 9.74. The fourth-order valence-corrected chi connectivity index (χ4v) is 3.56. The van der Waals surface area contributed by atoms with Crippen LogP contribution in [0.1, 0.15) is 25.7 Å². The summed E-state index contributed by atoms with van der Waals surface area (Å²) in [7, 11) is 0. The highest BCUT2D eigenvalue weighted by atomic mass is 35.5. The number of hydrogen-bond acceptors (Lipinski definition) is 3. The maximum Gasteiger partial charge on any atom is 0.145 e. The summed E-state index contributed by atoms with van der Waals surface area (Å²) >= 11 is 10.7. The van der Waals surface area contributed by atoms with Crippen LogP contribution in [0.15, 0.2) is 30.5 Å². The summed E-state index contributed by atoms with van der Waals surface area (Å²) in [6, 6.07) is 7.66. The van der Waals surface area contributed by atoms with Crippen molar-refractivity contribution < 1.29 is 4.74 Å². The second-order valence-corrected chi connectivity index (χ2v) is 6.32.